The fraction of sp³-hybridized carbons (Fsp3) is 0.188. The van der Waals surface area contributed by atoms with Gasteiger partial charge in [0, 0.05) is 33.1 Å². The third-order valence-corrected chi connectivity index (χ3v) is 16.7. The number of nitrogens with zero attached hydrogens (tertiary/aromatic N) is 2. The number of allylic oxidation sites excluding steroid dienone is 4. The minimum Gasteiger partial charge on any atom is -0.309 e. The monoisotopic (exact) mass is 848 g/mol. The van der Waals surface area contributed by atoms with Crippen molar-refractivity contribution in [1.82, 2.24) is 4.57 Å². The van der Waals surface area contributed by atoms with Gasteiger partial charge in [0.25, 0.3) is 0 Å². The zero-order chi connectivity index (χ0) is 43.3. The predicted molar refractivity (Wildman–Crippen MR) is 276 cm³/mol. The molecule has 15 rings (SSSR count). The van der Waals surface area contributed by atoms with E-state index in [1.54, 1.807) is 16.7 Å². The maximum atomic E-state index is 2.70. The Morgan fingerprint density at radius 2 is 1.06 bits per heavy atom. The summed E-state index contributed by atoms with van der Waals surface area (Å²) in [5.41, 5.74) is 21.1. The van der Waals surface area contributed by atoms with Crippen LogP contribution in [0.1, 0.15) is 56.1 Å². The van der Waals surface area contributed by atoms with Crippen LogP contribution in [0.2, 0.25) is 0 Å². The van der Waals surface area contributed by atoms with Crippen molar-refractivity contribution in [2.75, 3.05) is 4.90 Å². The Morgan fingerprint density at radius 1 is 0.470 bits per heavy atom. The first-order chi connectivity index (χ1) is 32.7. The van der Waals surface area contributed by atoms with Crippen LogP contribution in [0, 0.1) is 23.7 Å². The van der Waals surface area contributed by atoms with Crippen LogP contribution in [-0.2, 0) is 5.41 Å². The molecular formula is C64H52N2. The maximum absolute atomic E-state index is 2.70. The molecular weight excluding hydrogens is 797 g/mol. The first kappa shape index (κ1) is 38.1. The summed E-state index contributed by atoms with van der Waals surface area (Å²) in [5, 5.41) is 2.52. The van der Waals surface area contributed by atoms with Crippen LogP contribution in [0.4, 0.5) is 17.1 Å². The first-order valence-electron chi connectivity index (χ1n) is 24.5. The predicted octanol–water partition coefficient (Wildman–Crippen LogP) is 17.1. The first-order valence-corrected chi connectivity index (χ1v) is 24.5. The van der Waals surface area contributed by atoms with E-state index in [1.807, 2.05) is 0 Å². The van der Waals surface area contributed by atoms with Gasteiger partial charge >= 0.3 is 0 Å². The Kier molecular flexibility index (Phi) is 8.63. The normalized spacial score (nSPS) is 22.4. The van der Waals surface area contributed by atoms with Gasteiger partial charge in [-0.2, -0.15) is 0 Å². The lowest BCUT2D eigenvalue weighted by molar-refractivity contribution is -0.0407. The second kappa shape index (κ2) is 14.9. The van der Waals surface area contributed by atoms with Crippen LogP contribution >= 0.6 is 0 Å². The molecule has 0 amide bonds. The number of hydrogen-bond donors (Lipinski definition) is 0. The fourth-order valence-electron chi connectivity index (χ4n) is 14.4. The minimum absolute atomic E-state index is 0.0965. The van der Waals surface area contributed by atoms with Gasteiger partial charge < -0.3 is 9.47 Å². The van der Waals surface area contributed by atoms with E-state index in [-0.39, 0.29) is 5.41 Å². The molecule has 6 aliphatic rings. The summed E-state index contributed by atoms with van der Waals surface area (Å²) >= 11 is 0. The topological polar surface area (TPSA) is 8.17 Å². The average Bonchev–Trinajstić information content (AvgIpc) is 3.87. The summed E-state index contributed by atoms with van der Waals surface area (Å²) < 4.78 is 2.46. The summed E-state index contributed by atoms with van der Waals surface area (Å²) in [7, 11) is 0. The highest BCUT2D eigenvalue weighted by Gasteiger charge is 2.62. The lowest BCUT2D eigenvalue weighted by Gasteiger charge is -2.61. The molecule has 0 aliphatic heterocycles. The van der Waals surface area contributed by atoms with Crippen molar-refractivity contribution >= 4 is 44.4 Å². The Morgan fingerprint density at radius 3 is 1.82 bits per heavy atom. The smallest absolute Gasteiger partial charge is 0.0562 e. The number of aromatic nitrogens is 1. The zero-order valence-electron chi connectivity index (χ0n) is 37.3. The Labute approximate surface area is 388 Å². The number of para-hydroxylation sites is 3. The molecule has 0 N–H and O–H groups in total. The lowest BCUT2D eigenvalue weighted by Crippen LogP contribution is -2.55. The van der Waals surface area contributed by atoms with Gasteiger partial charge in [0.2, 0.25) is 0 Å². The van der Waals surface area contributed by atoms with Crippen molar-refractivity contribution in [3.63, 3.8) is 0 Å². The number of fused-ring (bicyclic) bond motifs is 5. The quantitative estimate of drug-likeness (QED) is 0.155. The van der Waals surface area contributed by atoms with E-state index in [1.165, 1.54) is 116 Å². The van der Waals surface area contributed by atoms with E-state index in [9.17, 15) is 0 Å². The molecule has 0 radical (unpaired) electrons. The molecule has 6 aliphatic carbocycles. The Bertz CT molecular complexity index is 3410. The molecule has 2 nitrogen and oxygen atoms in total. The molecule has 0 atom stereocenters. The van der Waals surface area contributed by atoms with E-state index in [2.05, 4.69) is 216 Å². The molecule has 1 spiro atoms. The van der Waals surface area contributed by atoms with Crippen molar-refractivity contribution in [3.8, 4) is 39.1 Å². The zero-order valence-corrected chi connectivity index (χ0v) is 37.3. The van der Waals surface area contributed by atoms with Crippen molar-refractivity contribution in [3.05, 3.63) is 223 Å². The van der Waals surface area contributed by atoms with E-state index >= 15 is 0 Å². The summed E-state index contributed by atoms with van der Waals surface area (Å²) in [6.45, 7) is 0. The molecule has 318 valence electrons. The number of rotatable bonds is 7. The van der Waals surface area contributed by atoms with Crippen molar-refractivity contribution < 1.29 is 0 Å². The van der Waals surface area contributed by atoms with Crippen molar-refractivity contribution in [1.29, 1.82) is 0 Å². The van der Waals surface area contributed by atoms with E-state index in [0.29, 0.717) is 11.8 Å². The summed E-state index contributed by atoms with van der Waals surface area (Å²) in [5.74, 6) is 3.22. The fourth-order valence-corrected chi connectivity index (χ4v) is 14.4. The van der Waals surface area contributed by atoms with Gasteiger partial charge in [-0.3, -0.25) is 0 Å². The van der Waals surface area contributed by atoms with E-state index < -0.39 is 0 Å². The van der Waals surface area contributed by atoms with Gasteiger partial charge in [-0.1, -0.05) is 158 Å². The molecule has 0 unspecified atom stereocenters. The van der Waals surface area contributed by atoms with E-state index in [0.717, 1.165) is 24.7 Å². The van der Waals surface area contributed by atoms with Gasteiger partial charge in [0.05, 0.1) is 22.4 Å². The third-order valence-electron chi connectivity index (χ3n) is 16.7. The minimum atomic E-state index is 0.0965. The molecule has 4 bridgehead atoms. The average molecular weight is 849 g/mol. The van der Waals surface area contributed by atoms with Crippen molar-refractivity contribution in [2.45, 2.75) is 50.4 Å². The Balaban J connectivity index is 1.04. The molecule has 2 heteroatoms. The van der Waals surface area contributed by atoms with E-state index in [4.69, 9.17) is 0 Å². The second-order valence-electron chi connectivity index (χ2n) is 19.9. The van der Waals surface area contributed by atoms with Crippen LogP contribution in [0.25, 0.3) is 66.4 Å². The summed E-state index contributed by atoms with van der Waals surface area (Å²) in [6, 6.07) is 72.7. The molecule has 0 saturated heterocycles. The molecule has 1 aromatic heterocycles. The van der Waals surface area contributed by atoms with Crippen LogP contribution in [-0.4, -0.2) is 4.57 Å². The maximum Gasteiger partial charge on any atom is 0.0562 e. The highest BCUT2D eigenvalue weighted by molar-refractivity contribution is 6.17. The molecule has 1 heterocycles. The molecule has 4 saturated carbocycles. The van der Waals surface area contributed by atoms with Gasteiger partial charge in [-0.15, -0.1) is 0 Å². The molecule has 4 fully saturated rings. The van der Waals surface area contributed by atoms with Crippen LogP contribution < -0.4 is 4.90 Å². The SMILES string of the molecule is C1=CC2=C(CC1)c1ccc(N(c3ccccc3-c3ccccc3-c3ccccc3-c3ccccc3)c3cccc4c3c3ccccc3n4-c3ccccc3)cc1C21C2CC3CC(C2)CC1C3. The third kappa shape index (κ3) is 5.54. The Hall–Kier alpha value is -7.16. The number of benzene rings is 8. The lowest BCUT2D eigenvalue weighted by atomic mass is 9.42. The summed E-state index contributed by atoms with van der Waals surface area (Å²) in [4.78, 5) is 2.65. The number of hydrogen-bond acceptors (Lipinski definition) is 1. The van der Waals surface area contributed by atoms with Gasteiger partial charge in [-0.05, 0) is 167 Å². The van der Waals surface area contributed by atoms with Gasteiger partial charge in [0.15, 0.2) is 0 Å². The molecule has 66 heavy (non-hydrogen) atoms. The standard InChI is InChI=1S/C64H52N2/c1-3-18-44(19-4-1)49-22-7-8-23-50(49)51-24-9-10-25-52(51)55-27-12-15-30-59(55)66(62-33-17-32-61-63(62)56-28-13-16-31-60(56)65(61)47-20-5-2-6-21-47)48-34-35-54-53-26-11-14-29-57(53)64(58(54)41-48)45-37-42-36-43(39-45)40-46(64)38-42/h1-10,12-25,27-35,41-43,45-46H,11,26,36-40H2. The van der Waals surface area contributed by atoms with Crippen LogP contribution in [0.3, 0.4) is 0 Å². The van der Waals surface area contributed by atoms with Crippen LogP contribution in [0.5, 0.6) is 0 Å². The molecule has 9 aromatic rings. The largest absolute Gasteiger partial charge is 0.309 e. The number of anilines is 3. The van der Waals surface area contributed by atoms with Gasteiger partial charge in [0.1, 0.15) is 0 Å². The van der Waals surface area contributed by atoms with Crippen LogP contribution in [0.15, 0.2) is 212 Å². The highest BCUT2D eigenvalue weighted by Crippen LogP contribution is 2.70. The van der Waals surface area contributed by atoms with Gasteiger partial charge in [-0.25, -0.2) is 0 Å². The summed E-state index contributed by atoms with van der Waals surface area (Å²) in [6.07, 6.45) is 14.4. The van der Waals surface area contributed by atoms with Crippen molar-refractivity contribution in [2.24, 2.45) is 23.7 Å². The second-order valence-corrected chi connectivity index (χ2v) is 19.9. The molecule has 8 aromatic carbocycles. The highest BCUT2D eigenvalue weighted by atomic mass is 15.2.